The van der Waals surface area contributed by atoms with Crippen molar-refractivity contribution in [3.63, 3.8) is 0 Å². The van der Waals surface area contributed by atoms with Crippen LogP contribution >= 0.6 is 12.6 Å². The topological polar surface area (TPSA) is 46.6 Å². The van der Waals surface area contributed by atoms with Crippen molar-refractivity contribution in [2.24, 2.45) is 5.92 Å². The van der Waals surface area contributed by atoms with Crippen LogP contribution in [0.15, 0.2) is 0 Å². The summed E-state index contributed by atoms with van der Waals surface area (Å²) in [5.74, 6) is 0.541. The first kappa shape index (κ1) is 12.5. The third-order valence-electron chi connectivity index (χ3n) is 2.45. The Morgan fingerprint density at radius 1 is 1.40 bits per heavy atom. The molecule has 1 saturated heterocycles. The number of rotatable bonds is 5. The van der Waals surface area contributed by atoms with Crippen molar-refractivity contribution in [2.45, 2.75) is 19.8 Å². The number of carbonyl (C=O) groups is 2. The number of nitrogens with zero attached hydrogens (tertiary/aromatic N) is 1. The van der Waals surface area contributed by atoms with E-state index in [1.54, 1.807) is 0 Å². The van der Waals surface area contributed by atoms with Gasteiger partial charge in [0.1, 0.15) is 13.2 Å². The molecule has 2 amide bonds. The summed E-state index contributed by atoms with van der Waals surface area (Å²) < 4.78 is 4.84. The van der Waals surface area contributed by atoms with E-state index in [1.807, 2.05) is 0 Å². The molecular formula is C10H17NO3S. The van der Waals surface area contributed by atoms with E-state index in [9.17, 15) is 9.59 Å². The number of amides is 2. The molecule has 1 heterocycles. The standard InChI is InChI=1S/C10H17NO3S/c1-2-3-8(7-15)4-11-9(12)5-14-6-10(11)13/h8,15H,2-7H2,1H3. The van der Waals surface area contributed by atoms with Gasteiger partial charge in [-0.3, -0.25) is 14.5 Å². The lowest BCUT2D eigenvalue weighted by Gasteiger charge is -2.28. The van der Waals surface area contributed by atoms with Crippen LogP contribution in [0.2, 0.25) is 0 Å². The molecule has 0 aromatic rings. The molecule has 0 N–H and O–H groups in total. The number of imide groups is 1. The summed E-state index contributed by atoms with van der Waals surface area (Å²) in [6, 6.07) is 0. The second-order valence-electron chi connectivity index (χ2n) is 3.73. The molecule has 0 spiro atoms. The number of ether oxygens (including phenoxy) is 1. The molecule has 15 heavy (non-hydrogen) atoms. The van der Waals surface area contributed by atoms with Gasteiger partial charge in [0.25, 0.3) is 11.8 Å². The van der Waals surface area contributed by atoms with Crippen molar-refractivity contribution in [3.8, 4) is 0 Å². The van der Waals surface area contributed by atoms with Gasteiger partial charge in [0.05, 0.1) is 0 Å². The molecule has 0 aromatic carbocycles. The summed E-state index contributed by atoms with van der Waals surface area (Å²) in [5.41, 5.74) is 0. The van der Waals surface area contributed by atoms with Crippen molar-refractivity contribution >= 4 is 24.4 Å². The molecule has 1 rings (SSSR count). The fourth-order valence-electron chi connectivity index (χ4n) is 1.63. The third kappa shape index (κ3) is 3.50. The summed E-state index contributed by atoms with van der Waals surface area (Å²) in [5, 5.41) is 0. The number of hydrogen-bond acceptors (Lipinski definition) is 4. The minimum atomic E-state index is -0.228. The Morgan fingerprint density at radius 2 is 2.00 bits per heavy atom. The largest absolute Gasteiger partial charge is 0.362 e. The first-order valence-electron chi connectivity index (χ1n) is 5.20. The summed E-state index contributed by atoms with van der Waals surface area (Å²) in [4.78, 5) is 24.1. The lowest BCUT2D eigenvalue weighted by atomic mass is 10.1. The van der Waals surface area contributed by atoms with Crippen molar-refractivity contribution in [1.29, 1.82) is 0 Å². The zero-order chi connectivity index (χ0) is 11.3. The molecule has 86 valence electrons. The minimum absolute atomic E-state index is 0.0250. The Morgan fingerprint density at radius 3 is 2.47 bits per heavy atom. The lowest BCUT2D eigenvalue weighted by molar-refractivity contribution is -0.159. The first-order chi connectivity index (χ1) is 7.19. The fourth-order valence-corrected chi connectivity index (χ4v) is 1.93. The molecule has 4 nitrogen and oxygen atoms in total. The van der Waals surface area contributed by atoms with Crippen molar-refractivity contribution in [1.82, 2.24) is 4.90 Å². The highest BCUT2D eigenvalue weighted by atomic mass is 32.1. The monoisotopic (exact) mass is 231 g/mol. The quantitative estimate of drug-likeness (QED) is 0.560. The van der Waals surface area contributed by atoms with Crippen LogP contribution in [-0.2, 0) is 14.3 Å². The smallest absolute Gasteiger partial charge is 0.255 e. The average Bonchev–Trinajstić information content (AvgIpc) is 2.22. The molecule has 0 aliphatic carbocycles. The predicted octanol–water partition coefficient (Wildman–Crippen LogP) is 0.718. The van der Waals surface area contributed by atoms with Gasteiger partial charge < -0.3 is 4.74 Å². The minimum Gasteiger partial charge on any atom is -0.362 e. The van der Waals surface area contributed by atoms with E-state index in [0.717, 1.165) is 12.8 Å². The second kappa shape index (κ2) is 6.12. The van der Waals surface area contributed by atoms with Gasteiger partial charge >= 0.3 is 0 Å². The molecule has 1 unspecified atom stereocenters. The molecular weight excluding hydrogens is 214 g/mol. The van der Waals surface area contributed by atoms with Crippen LogP contribution in [0.1, 0.15) is 19.8 Å². The normalized spacial score (nSPS) is 19.5. The van der Waals surface area contributed by atoms with E-state index in [1.165, 1.54) is 4.90 Å². The van der Waals surface area contributed by atoms with Gasteiger partial charge in [0.15, 0.2) is 0 Å². The zero-order valence-electron chi connectivity index (χ0n) is 8.94. The average molecular weight is 231 g/mol. The van der Waals surface area contributed by atoms with Crippen LogP contribution in [0.4, 0.5) is 0 Å². The van der Waals surface area contributed by atoms with E-state index in [-0.39, 0.29) is 25.0 Å². The Balaban J connectivity index is 2.52. The molecule has 1 fully saturated rings. The Hall–Kier alpha value is -0.550. The highest BCUT2D eigenvalue weighted by molar-refractivity contribution is 7.80. The van der Waals surface area contributed by atoms with E-state index in [2.05, 4.69) is 19.6 Å². The summed E-state index contributed by atoms with van der Waals surface area (Å²) in [6.45, 7) is 2.62. The van der Waals surface area contributed by atoms with E-state index < -0.39 is 0 Å². The second-order valence-corrected chi connectivity index (χ2v) is 4.09. The molecule has 1 atom stereocenters. The summed E-state index contributed by atoms with van der Waals surface area (Å²) in [6.07, 6.45) is 2.03. The Labute approximate surface area is 95.4 Å². The number of hydrogen-bond donors (Lipinski definition) is 1. The maximum atomic E-state index is 11.4. The highest BCUT2D eigenvalue weighted by Crippen LogP contribution is 2.12. The van der Waals surface area contributed by atoms with Gasteiger partial charge in [0.2, 0.25) is 0 Å². The maximum Gasteiger partial charge on any atom is 0.255 e. The highest BCUT2D eigenvalue weighted by Gasteiger charge is 2.28. The molecule has 5 heteroatoms. The molecule has 1 aliphatic rings. The molecule has 0 aromatic heterocycles. The zero-order valence-corrected chi connectivity index (χ0v) is 9.83. The first-order valence-corrected chi connectivity index (χ1v) is 5.84. The SMILES string of the molecule is CCCC(CS)CN1C(=O)COCC1=O. The van der Waals surface area contributed by atoms with Crippen LogP contribution in [0, 0.1) is 5.92 Å². The Bertz CT molecular complexity index is 229. The van der Waals surface area contributed by atoms with Crippen LogP contribution in [0.3, 0.4) is 0 Å². The van der Waals surface area contributed by atoms with Crippen LogP contribution in [0.25, 0.3) is 0 Å². The van der Waals surface area contributed by atoms with Gasteiger partial charge in [0, 0.05) is 6.54 Å². The number of morpholine rings is 1. The predicted molar refractivity (Wildman–Crippen MR) is 59.8 cm³/mol. The molecule has 0 bridgehead atoms. The van der Waals surface area contributed by atoms with E-state index >= 15 is 0 Å². The molecule has 0 radical (unpaired) electrons. The summed E-state index contributed by atoms with van der Waals surface area (Å²) in [7, 11) is 0. The van der Waals surface area contributed by atoms with Gasteiger partial charge in [-0.05, 0) is 18.1 Å². The van der Waals surface area contributed by atoms with Gasteiger partial charge in [-0.25, -0.2) is 0 Å². The van der Waals surface area contributed by atoms with Gasteiger partial charge in [-0.15, -0.1) is 0 Å². The van der Waals surface area contributed by atoms with Crippen LogP contribution in [-0.4, -0.2) is 42.2 Å². The third-order valence-corrected chi connectivity index (χ3v) is 2.97. The van der Waals surface area contributed by atoms with Crippen molar-refractivity contribution < 1.29 is 14.3 Å². The maximum absolute atomic E-state index is 11.4. The summed E-state index contributed by atoms with van der Waals surface area (Å²) >= 11 is 4.23. The fraction of sp³-hybridized carbons (Fsp3) is 0.800. The van der Waals surface area contributed by atoms with Gasteiger partial charge in [-0.2, -0.15) is 12.6 Å². The number of thiol groups is 1. The molecule has 0 saturated carbocycles. The van der Waals surface area contributed by atoms with E-state index in [0.29, 0.717) is 18.2 Å². The van der Waals surface area contributed by atoms with Crippen molar-refractivity contribution in [3.05, 3.63) is 0 Å². The van der Waals surface area contributed by atoms with Crippen LogP contribution in [0.5, 0.6) is 0 Å². The van der Waals surface area contributed by atoms with Crippen LogP contribution < -0.4 is 0 Å². The van der Waals surface area contributed by atoms with Gasteiger partial charge in [-0.1, -0.05) is 13.3 Å². The lowest BCUT2D eigenvalue weighted by Crippen LogP contribution is -2.48. The van der Waals surface area contributed by atoms with E-state index in [4.69, 9.17) is 4.74 Å². The van der Waals surface area contributed by atoms with Crippen molar-refractivity contribution in [2.75, 3.05) is 25.5 Å². The Kier molecular flexibility index (Phi) is 5.11. The molecule has 1 aliphatic heterocycles. The number of carbonyl (C=O) groups excluding carboxylic acids is 2.